The molecule has 1 unspecified atom stereocenters. The summed E-state index contributed by atoms with van der Waals surface area (Å²) in [5.74, 6) is -3.10. The van der Waals surface area contributed by atoms with Crippen LogP contribution in [0, 0.1) is 5.82 Å². The maximum Gasteiger partial charge on any atom is 0.271 e. The highest BCUT2D eigenvalue weighted by Gasteiger charge is 2.36. The molecule has 1 fully saturated rings. The predicted octanol–water partition coefficient (Wildman–Crippen LogP) is 4.08. The highest BCUT2D eigenvalue weighted by atomic mass is 79.9. The van der Waals surface area contributed by atoms with E-state index in [9.17, 15) is 13.2 Å². The molecule has 1 aliphatic heterocycles. The van der Waals surface area contributed by atoms with Crippen molar-refractivity contribution < 1.29 is 17.9 Å². The Kier molecular flexibility index (Phi) is 3.26. The van der Waals surface area contributed by atoms with Crippen molar-refractivity contribution in [2.24, 2.45) is 0 Å². The molecule has 0 aliphatic carbocycles. The maximum absolute atomic E-state index is 12.9. The van der Waals surface area contributed by atoms with Crippen molar-refractivity contribution in [2.45, 2.75) is 24.9 Å². The minimum absolute atomic E-state index is 0.193. The summed E-state index contributed by atoms with van der Waals surface area (Å²) < 4.78 is 44.2. The summed E-state index contributed by atoms with van der Waals surface area (Å²) in [7, 11) is 0. The Labute approximate surface area is 99.7 Å². The number of alkyl halides is 2. The first-order valence-electron chi connectivity index (χ1n) is 4.92. The van der Waals surface area contributed by atoms with Crippen molar-refractivity contribution in [1.29, 1.82) is 0 Å². The van der Waals surface area contributed by atoms with Crippen molar-refractivity contribution in [3.8, 4) is 0 Å². The molecule has 0 saturated carbocycles. The van der Waals surface area contributed by atoms with Crippen molar-refractivity contribution >= 4 is 15.9 Å². The van der Waals surface area contributed by atoms with Crippen LogP contribution < -0.4 is 0 Å². The zero-order valence-corrected chi connectivity index (χ0v) is 9.94. The summed E-state index contributed by atoms with van der Waals surface area (Å²) >= 11 is 3.20. The zero-order chi connectivity index (χ0) is 11.8. The summed E-state index contributed by atoms with van der Waals surface area (Å²) in [6, 6.07) is 4.18. The predicted molar refractivity (Wildman–Crippen MR) is 57.0 cm³/mol. The van der Waals surface area contributed by atoms with Crippen LogP contribution in [0.2, 0.25) is 0 Å². The van der Waals surface area contributed by atoms with E-state index in [0.717, 1.165) is 5.56 Å². The second-order valence-corrected chi connectivity index (χ2v) is 4.71. The van der Waals surface area contributed by atoms with Crippen LogP contribution in [0.3, 0.4) is 0 Å². The maximum atomic E-state index is 12.9. The lowest BCUT2D eigenvalue weighted by Gasteiger charge is -2.29. The van der Waals surface area contributed by atoms with E-state index in [0.29, 0.717) is 4.47 Å². The van der Waals surface area contributed by atoms with Crippen LogP contribution >= 0.6 is 15.9 Å². The van der Waals surface area contributed by atoms with Crippen LogP contribution in [0.15, 0.2) is 22.7 Å². The average molecular weight is 295 g/mol. The van der Waals surface area contributed by atoms with E-state index in [2.05, 4.69) is 15.9 Å². The second-order valence-electron chi connectivity index (χ2n) is 3.86. The van der Waals surface area contributed by atoms with E-state index in [1.807, 2.05) is 0 Å². The Morgan fingerprint density at radius 1 is 1.38 bits per heavy atom. The first kappa shape index (κ1) is 11.9. The number of hydrogen-bond donors (Lipinski definition) is 0. The van der Waals surface area contributed by atoms with E-state index >= 15 is 0 Å². The van der Waals surface area contributed by atoms with Gasteiger partial charge in [0, 0.05) is 10.9 Å². The Morgan fingerprint density at radius 2 is 2.12 bits per heavy atom. The van der Waals surface area contributed by atoms with Gasteiger partial charge in [0.1, 0.15) is 12.4 Å². The van der Waals surface area contributed by atoms with Crippen molar-refractivity contribution in [2.75, 3.05) is 6.61 Å². The Hall–Kier alpha value is -0.550. The first-order valence-corrected chi connectivity index (χ1v) is 5.72. The highest BCUT2D eigenvalue weighted by Crippen LogP contribution is 2.38. The van der Waals surface area contributed by atoms with E-state index in [1.54, 1.807) is 6.07 Å². The molecule has 2 rings (SSSR count). The van der Waals surface area contributed by atoms with Gasteiger partial charge in [-0.3, -0.25) is 0 Å². The average Bonchev–Trinajstić information content (AvgIpc) is 2.19. The molecule has 1 heterocycles. The zero-order valence-electron chi connectivity index (χ0n) is 8.35. The molecule has 0 amide bonds. The fourth-order valence-corrected chi connectivity index (χ4v) is 2.33. The topological polar surface area (TPSA) is 9.23 Å². The number of benzene rings is 1. The highest BCUT2D eigenvalue weighted by molar-refractivity contribution is 9.10. The minimum Gasteiger partial charge on any atom is -0.367 e. The molecule has 1 saturated heterocycles. The second kappa shape index (κ2) is 4.37. The number of hydrogen-bond acceptors (Lipinski definition) is 1. The molecule has 88 valence electrons. The van der Waals surface area contributed by atoms with Crippen LogP contribution in [-0.4, -0.2) is 12.5 Å². The van der Waals surface area contributed by atoms with Gasteiger partial charge in [-0.1, -0.05) is 22.0 Å². The standard InChI is InChI=1S/C11H10BrF3O/c12-9-5-7(13)1-2-8(9)10-3-4-11(14,15)6-16-10/h1-2,5,10H,3-4,6H2. The van der Waals surface area contributed by atoms with E-state index in [1.165, 1.54) is 12.1 Å². The van der Waals surface area contributed by atoms with Gasteiger partial charge in [0.25, 0.3) is 5.92 Å². The van der Waals surface area contributed by atoms with Crippen LogP contribution in [0.1, 0.15) is 24.5 Å². The fourth-order valence-electron chi connectivity index (χ4n) is 1.73. The first-order chi connectivity index (χ1) is 7.48. The van der Waals surface area contributed by atoms with Gasteiger partial charge >= 0.3 is 0 Å². The molecule has 1 atom stereocenters. The normalized spacial score (nSPS) is 24.4. The Balaban J connectivity index is 2.14. The van der Waals surface area contributed by atoms with Gasteiger partial charge in [0.2, 0.25) is 0 Å². The summed E-state index contributed by atoms with van der Waals surface area (Å²) in [4.78, 5) is 0. The lowest BCUT2D eigenvalue weighted by Crippen LogP contribution is -2.31. The molecule has 1 aromatic rings. The third-order valence-electron chi connectivity index (χ3n) is 2.58. The molecular formula is C11H10BrF3O. The Morgan fingerprint density at radius 3 is 2.69 bits per heavy atom. The molecule has 1 aromatic carbocycles. The van der Waals surface area contributed by atoms with Crippen molar-refractivity contribution in [1.82, 2.24) is 0 Å². The fraction of sp³-hybridized carbons (Fsp3) is 0.455. The monoisotopic (exact) mass is 294 g/mol. The van der Waals surface area contributed by atoms with Gasteiger partial charge in [0.15, 0.2) is 0 Å². The number of rotatable bonds is 1. The van der Waals surface area contributed by atoms with Gasteiger partial charge in [-0.2, -0.15) is 0 Å². The van der Waals surface area contributed by atoms with Gasteiger partial charge in [-0.05, 0) is 24.1 Å². The summed E-state index contributed by atoms with van der Waals surface area (Å²) in [6.07, 6.45) is -0.326. The third kappa shape index (κ3) is 2.58. The van der Waals surface area contributed by atoms with Crippen LogP contribution in [0.4, 0.5) is 13.2 Å². The molecule has 16 heavy (non-hydrogen) atoms. The van der Waals surface area contributed by atoms with E-state index < -0.39 is 12.5 Å². The smallest absolute Gasteiger partial charge is 0.271 e. The SMILES string of the molecule is Fc1ccc(C2CCC(F)(F)CO2)c(Br)c1. The molecule has 0 spiro atoms. The quantitative estimate of drug-likeness (QED) is 0.758. The summed E-state index contributed by atoms with van der Waals surface area (Å²) in [5, 5.41) is 0. The third-order valence-corrected chi connectivity index (χ3v) is 3.26. The van der Waals surface area contributed by atoms with Crippen LogP contribution in [0.25, 0.3) is 0 Å². The van der Waals surface area contributed by atoms with Crippen molar-refractivity contribution in [3.63, 3.8) is 0 Å². The summed E-state index contributed by atoms with van der Waals surface area (Å²) in [6.45, 7) is -0.568. The van der Waals surface area contributed by atoms with Crippen LogP contribution in [-0.2, 0) is 4.74 Å². The van der Waals surface area contributed by atoms with Gasteiger partial charge in [-0.15, -0.1) is 0 Å². The van der Waals surface area contributed by atoms with Crippen molar-refractivity contribution in [3.05, 3.63) is 34.1 Å². The number of halogens is 4. The molecule has 0 aromatic heterocycles. The van der Waals surface area contributed by atoms with Gasteiger partial charge < -0.3 is 4.74 Å². The molecule has 1 aliphatic rings. The van der Waals surface area contributed by atoms with Crippen LogP contribution in [0.5, 0.6) is 0 Å². The molecule has 0 radical (unpaired) electrons. The van der Waals surface area contributed by atoms with Gasteiger partial charge in [0.05, 0.1) is 6.10 Å². The lowest BCUT2D eigenvalue weighted by atomic mass is 10.00. The van der Waals surface area contributed by atoms with E-state index in [4.69, 9.17) is 4.74 Å². The lowest BCUT2D eigenvalue weighted by molar-refractivity contribution is -0.145. The molecular weight excluding hydrogens is 285 g/mol. The molecule has 5 heteroatoms. The molecule has 1 nitrogen and oxygen atoms in total. The summed E-state index contributed by atoms with van der Waals surface area (Å²) in [5.41, 5.74) is 0.719. The largest absolute Gasteiger partial charge is 0.367 e. The van der Waals surface area contributed by atoms with Gasteiger partial charge in [-0.25, -0.2) is 13.2 Å². The Bertz CT molecular complexity index is 385. The number of ether oxygens (including phenoxy) is 1. The minimum atomic E-state index is -2.73. The van der Waals surface area contributed by atoms with E-state index in [-0.39, 0.29) is 24.8 Å². The molecule has 0 N–H and O–H groups in total. The molecule has 0 bridgehead atoms.